The highest BCUT2D eigenvalue weighted by Gasteiger charge is 2.73. The first kappa shape index (κ1) is 34.3. The van der Waals surface area contributed by atoms with E-state index in [0.717, 1.165) is 18.7 Å². The number of carbonyl (C=O) groups excluding carboxylic acids is 4. The van der Waals surface area contributed by atoms with Gasteiger partial charge in [-0.2, -0.15) is 0 Å². The number of cyclic esters (lactones) is 1. The van der Waals surface area contributed by atoms with E-state index in [4.69, 9.17) is 14.2 Å². The molecule has 0 aliphatic carbocycles. The van der Waals surface area contributed by atoms with Crippen molar-refractivity contribution in [1.29, 1.82) is 0 Å². The number of allylic oxidation sites excluding steroid dienone is 1. The van der Waals surface area contributed by atoms with E-state index in [1.165, 1.54) is 4.90 Å². The Hall–Kier alpha value is -3.58. The molecule has 0 radical (unpaired) electrons. The molecule has 5 heterocycles. The maximum atomic E-state index is 14.9. The third-order valence-corrected chi connectivity index (χ3v) is 10.2. The molecule has 1 aromatic rings. The average molecular weight is 665 g/mol. The van der Waals surface area contributed by atoms with Crippen molar-refractivity contribution in [1.82, 2.24) is 20.0 Å². The van der Waals surface area contributed by atoms with E-state index < -0.39 is 53.5 Å². The summed E-state index contributed by atoms with van der Waals surface area (Å²) < 4.78 is 17.7. The van der Waals surface area contributed by atoms with Crippen molar-refractivity contribution in [3.05, 3.63) is 60.2 Å². The third-order valence-electron chi connectivity index (χ3n) is 10.2. The number of hydrogen-bond acceptors (Lipinski definition) is 9. The number of hydrogen-bond donors (Lipinski definition) is 2. The highest BCUT2D eigenvalue weighted by atomic mass is 16.5. The third kappa shape index (κ3) is 6.80. The molecule has 48 heavy (non-hydrogen) atoms. The summed E-state index contributed by atoms with van der Waals surface area (Å²) >= 11 is 0. The molecule has 12 nitrogen and oxygen atoms in total. The lowest BCUT2D eigenvalue weighted by Gasteiger charge is -2.39. The molecule has 0 aromatic heterocycles. The number of nitrogens with one attached hydrogen (secondary N) is 1. The zero-order chi connectivity index (χ0) is 33.8. The Labute approximate surface area is 282 Å². The summed E-state index contributed by atoms with van der Waals surface area (Å²) in [6, 6.07) is 6.91. The molecular formula is C36H48N4O8. The van der Waals surface area contributed by atoms with Gasteiger partial charge in [-0.1, -0.05) is 68.5 Å². The summed E-state index contributed by atoms with van der Waals surface area (Å²) in [6.45, 7) is 7.68. The Bertz CT molecular complexity index is 1400. The smallest absolute Gasteiger partial charge is 0.306 e. The van der Waals surface area contributed by atoms with Gasteiger partial charge >= 0.3 is 5.97 Å². The van der Waals surface area contributed by atoms with Crippen LogP contribution in [0.15, 0.2) is 54.6 Å². The van der Waals surface area contributed by atoms with Crippen LogP contribution in [0, 0.1) is 17.8 Å². The van der Waals surface area contributed by atoms with Crippen molar-refractivity contribution in [2.75, 3.05) is 59.2 Å². The van der Waals surface area contributed by atoms with Crippen LogP contribution in [-0.4, -0.2) is 126 Å². The molecule has 5 aliphatic rings. The van der Waals surface area contributed by atoms with Gasteiger partial charge in [0.15, 0.2) is 0 Å². The Balaban J connectivity index is 1.39. The molecule has 7 atom stereocenters. The number of aliphatic hydroxyl groups excluding tert-OH is 1. The summed E-state index contributed by atoms with van der Waals surface area (Å²) in [7, 11) is 0. The molecular weight excluding hydrogens is 616 g/mol. The second-order valence-corrected chi connectivity index (χ2v) is 13.8. The first-order valence-corrected chi connectivity index (χ1v) is 17.3. The van der Waals surface area contributed by atoms with Crippen LogP contribution < -0.4 is 5.32 Å². The molecule has 5 aliphatic heterocycles. The van der Waals surface area contributed by atoms with Gasteiger partial charge in [0, 0.05) is 39.1 Å². The van der Waals surface area contributed by atoms with Crippen molar-refractivity contribution in [2.24, 2.45) is 17.8 Å². The molecule has 3 amide bonds. The number of ether oxygens (including phenoxy) is 3. The Morgan fingerprint density at radius 3 is 2.52 bits per heavy atom. The quantitative estimate of drug-likeness (QED) is 0.313. The van der Waals surface area contributed by atoms with Crippen LogP contribution >= 0.6 is 0 Å². The molecule has 0 saturated carbocycles. The van der Waals surface area contributed by atoms with Crippen LogP contribution in [-0.2, 0) is 33.4 Å². The highest BCUT2D eigenvalue weighted by molar-refractivity contribution is 6.00. The minimum absolute atomic E-state index is 0.0698. The number of benzene rings is 1. The average Bonchev–Trinajstić information content (AvgIpc) is 3.74. The molecule has 3 fully saturated rings. The fourth-order valence-corrected chi connectivity index (χ4v) is 7.90. The van der Waals surface area contributed by atoms with Gasteiger partial charge in [0.05, 0.1) is 49.8 Å². The lowest BCUT2D eigenvalue weighted by Crippen LogP contribution is -2.59. The number of amides is 3. The number of nitrogens with zero attached hydrogens (tertiary/aromatic N) is 3. The predicted molar refractivity (Wildman–Crippen MR) is 175 cm³/mol. The Morgan fingerprint density at radius 1 is 1.02 bits per heavy atom. The number of esters is 1. The number of aliphatic hydroxyl groups is 1. The molecule has 3 saturated heterocycles. The van der Waals surface area contributed by atoms with Crippen molar-refractivity contribution >= 4 is 23.7 Å². The monoisotopic (exact) mass is 664 g/mol. The minimum atomic E-state index is -1.37. The van der Waals surface area contributed by atoms with E-state index in [1.54, 1.807) is 17.1 Å². The van der Waals surface area contributed by atoms with Crippen LogP contribution in [0.5, 0.6) is 0 Å². The second kappa shape index (κ2) is 14.9. The lowest BCUT2D eigenvalue weighted by atomic mass is 9.74. The summed E-state index contributed by atoms with van der Waals surface area (Å²) in [5, 5.41) is 13.7. The van der Waals surface area contributed by atoms with Crippen molar-refractivity contribution < 1.29 is 38.5 Å². The Kier molecular flexibility index (Phi) is 10.6. The van der Waals surface area contributed by atoms with Gasteiger partial charge < -0.3 is 34.4 Å². The van der Waals surface area contributed by atoms with Crippen LogP contribution in [0.3, 0.4) is 0 Å². The van der Waals surface area contributed by atoms with Crippen LogP contribution in [0.25, 0.3) is 0 Å². The largest absolute Gasteiger partial charge is 0.463 e. The van der Waals surface area contributed by atoms with Crippen molar-refractivity contribution in [2.45, 2.75) is 62.9 Å². The van der Waals surface area contributed by atoms with Crippen molar-refractivity contribution in [3.63, 3.8) is 0 Å². The van der Waals surface area contributed by atoms with Gasteiger partial charge in [-0.05, 0) is 24.3 Å². The van der Waals surface area contributed by atoms with Gasteiger partial charge in [0.25, 0.3) is 0 Å². The van der Waals surface area contributed by atoms with Crippen LogP contribution in [0.1, 0.15) is 44.7 Å². The van der Waals surface area contributed by atoms with Crippen molar-refractivity contribution in [3.8, 4) is 0 Å². The van der Waals surface area contributed by atoms with Gasteiger partial charge in [-0.15, -0.1) is 0 Å². The standard InChI is InChI=1S/C36H48N4O8/c1-24(2)21-26(22-41)40-32-35(45)39(16-15-38-17-19-46-20-18-38)14-8-4-7-11-29(42)47-23-27(25-9-5-3-6-10-25)37-33(43)30-28-12-13-36(32,48-28)31(30)34(40)44/h3-6,8-10,12-13,24,26-28,30-32,41H,7,11,14-23H2,1-2H3,(H,37,43)/b8-4-/t26-,27-,28-,30+,31+,32-,36+/m1/s1. The van der Waals surface area contributed by atoms with E-state index in [9.17, 15) is 24.3 Å². The SMILES string of the molecule is CC(C)C[C@H](CO)N1C(=O)[C@@H]2[C@H]3C(=O)N[C@@H](c4ccccc4)COC(=O)CC/C=C\CN(CCN4CCOCC4)C(=O)[C@@H]1[C@]21C=C[C@H]3O1. The molecule has 2 N–H and O–H groups in total. The summed E-state index contributed by atoms with van der Waals surface area (Å²) in [4.78, 5) is 62.0. The van der Waals surface area contributed by atoms with Gasteiger partial charge in [0.2, 0.25) is 17.7 Å². The highest BCUT2D eigenvalue weighted by Crippen LogP contribution is 2.56. The maximum Gasteiger partial charge on any atom is 0.306 e. The van der Waals surface area contributed by atoms with Gasteiger partial charge in [-0.25, -0.2) is 0 Å². The summed E-state index contributed by atoms with van der Waals surface area (Å²) in [6.07, 6.45) is 7.67. The van der Waals surface area contributed by atoms with E-state index in [-0.39, 0.29) is 43.9 Å². The fraction of sp³-hybridized carbons (Fsp3) is 0.611. The van der Waals surface area contributed by atoms with Crippen LogP contribution in [0.2, 0.25) is 0 Å². The molecule has 6 rings (SSSR count). The normalized spacial score (nSPS) is 32.8. The molecule has 12 heteroatoms. The van der Waals surface area contributed by atoms with E-state index >= 15 is 0 Å². The van der Waals surface area contributed by atoms with E-state index in [0.29, 0.717) is 39.1 Å². The summed E-state index contributed by atoms with van der Waals surface area (Å²) in [5.41, 5.74) is -0.610. The number of rotatable bonds is 8. The molecule has 5 bridgehead atoms. The lowest BCUT2D eigenvalue weighted by molar-refractivity contribution is -0.151. The number of morpholine rings is 1. The predicted octanol–water partition coefficient (Wildman–Crippen LogP) is 1.46. The van der Waals surface area contributed by atoms with Crippen LogP contribution in [0.4, 0.5) is 0 Å². The molecule has 1 spiro atoms. The minimum Gasteiger partial charge on any atom is -0.463 e. The fourth-order valence-electron chi connectivity index (χ4n) is 7.90. The van der Waals surface area contributed by atoms with E-state index in [2.05, 4.69) is 10.2 Å². The van der Waals surface area contributed by atoms with E-state index in [1.807, 2.05) is 56.3 Å². The molecule has 1 aromatic carbocycles. The maximum absolute atomic E-state index is 14.9. The first-order valence-electron chi connectivity index (χ1n) is 17.3. The molecule has 260 valence electrons. The zero-order valence-electron chi connectivity index (χ0n) is 27.9. The molecule has 0 unspecified atom stereocenters. The van der Waals surface area contributed by atoms with Gasteiger partial charge in [-0.3, -0.25) is 24.1 Å². The zero-order valence-corrected chi connectivity index (χ0v) is 27.9. The number of likely N-dealkylation sites (tertiary alicyclic amines) is 1. The first-order chi connectivity index (χ1) is 23.2. The Morgan fingerprint density at radius 2 is 1.79 bits per heavy atom. The topological polar surface area (TPSA) is 138 Å². The number of carbonyl (C=O) groups is 4. The number of fused-ring (bicyclic) bond motifs is 2. The summed E-state index contributed by atoms with van der Waals surface area (Å²) in [5.74, 6) is -3.21. The second-order valence-electron chi connectivity index (χ2n) is 13.8. The van der Waals surface area contributed by atoms with Gasteiger partial charge in [0.1, 0.15) is 18.2 Å².